The molecule has 2 rings (SSSR count). The lowest BCUT2D eigenvalue weighted by atomic mass is 10.1. The normalized spacial score (nSPS) is 17.5. The smallest absolute Gasteiger partial charge is 0.227 e. The molecule has 1 aliphatic rings. The zero-order valence-electron chi connectivity index (χ0n) is 11.6. The summed E-state index contributed by atoms with van der Waals surface area (Å²) in [6.45, 7) is 0.440. The molecule has 0 aliphatic carbocycles. The summed E-state index contributed by atoms with van der Waals surface area (Å²) in [5.41, 5.74) is 0.572. The number of nitrogens with one attached hydrogen (secondary N) is 1. The number of ether oxygens (including phenoxy) is 1. The number of nitrogens with zero attached hydrogens (tertiary/aromatic N) is 1. The topological polar surface area (TPSA) is 58.6 Å². The number of benzene rings is 1. The van der Waals surface area contributed by atoms with Crippen LogP contribution in [0.25, 0.3) is 0 Å². The Hall–Kier alpha value is -2.19. The van der Waals surface area contributed by atoms with Gasteiger partial charge in [-0.2, -0.15) is 0 Å². The summed E-state index contributed by atoms with van der Waals surface area (Å²) in [5.74, 6) is 2.09. The molecule has 1 atom stereocenters. The Morgan fingerprint density at radius 1 is 1.62 bits per heavy atom. The highest BCUT2D eigenvalue weighted by atomic mass is 35.5. The van der Waals surface area contributed by atoms with E-state index in [1.807, 2.05) is 0 Å². The van der Waals surface area contributed by atoms with Crippen molar-refractivity contribution in [2.75, 3.05) is 25.1 Å². The fourth-order valence-corrected chi connectivity index (χ4v) is 2.44. The Kier molecular flexibility index (Phi) is 4.71. The maximum atomic E-state index is 12.1. The van der Waals surface area contributed by atoms with E-state index in [2.05, 4.69) is 11.2 Å². The lowest BCUT2D eigenvalue weighted by Crippen LogP contribution is -2.33. The van der Waals surface area contributed by atoms with Crippen molar-refractivity contribution in [2.24, 2.45) is 5.92 Å². The van der Waals surface area contributed by atoms with Crippen molar-refractivity contribution in [1.82, 2.24) is 5.32 Å². The summed E-state index contributed by atoms with van der Waals surface area (Å²) in [4.78, 5) is 25.6. The molecule has 1 fully saturated rings. The van der Waals surface area contributed by atoms with Crippen molar-refractivity contribution in [3.05, 3.63) is 23.2 Å². The summed E-state index contributed by atoms with van der Waals surface area (Å²) in [6.07, 6.45) is 5.25. The second kappa shape index (κ2) is 6.51. The summed E-state index contributed by atoms with van der Waals surface area (Å²) < 4.78 is 5.24. The zero-order chi connectivity index (χ0) is 15.4. The second-order valence-corrected chi connectivity index (χ2v) is 5.08. The summed E-state index contributed by atoms with van der Waals surface area (Å²) >= 11 is 5.97. The molecule has 1 N–H and O–H groups in total. The van der Waals surface area contributed by atoms with Crippen LogP contribution in [0.3, 0.4) is 0 Å². The minimum Gasteiger partial charge on any atom is -0.495 e. The van der Waals surface area contributed by atoms with Crippen LogP contribution < -0.4 is 15.0 Å². The number of hydrogen-bond donors (Lipinski definition) is 1. The molecule has 1 heterocycles. The summed E-state index contributed by atoms with van der Waals surface area (Å²) in [6, 6.07) is 5.03. The van der Waals surface area contributed by atoms with Gasteiger partial charge in [0.15, 0.2) is 0 Å². The average molecular weight is 307 g/mol. The van der Waals surface area contributed by atoms with Crippen LogP contribution in [0.4, 0.5) is 5.69 Å². The maximum Gasteiger partial charge on any atom is 0.227 e. The molecule has 0 bridgehead atoms. The number of anilines is 1. The van der Waals surface area contributed by atoms with Crippen LogP contribution in [0.5, 0.6) is 5.75 Å². The van der Waals surface area contributed by atoms with Crippen LogP contribution in [-0.4, -0.2) is 32.0 Å². The molecule has 6 heteroatoms. The molecule has 0 saturated carbocycles. The predicted molar refractivity (Wildman–Crippen MR) is 80.3 cm³/mol. The number of carbonyl (C=O) groups is 2. The third-order valence-electron chi connectivity index (χ3n) is 3.29. The van der Waals surface area contributed by atoms with Crippen LogP contribution >= 0.6 is 11.6 Å². The molecule has 1 saturated heterocycles. The second-order valence-electron chi connectivity index (χ2n) is 4.64. The molecule has 1 aromatic rings. The predicted octanol–water partition coefficient (Wildman–Crippen LogP) is 1.45. The summed E-state index contributed by atoms with van der Waals surface area (Å²) in [7, 11) is 1.52. The molecule has 2 amide bonds. The molecule has 1 aromatic carbocycles. The quantitative estimate of drug-likeness (QED) is 0.857. The van der Waals surface area contributed by atoms with Crippen LogP contribution in [0.15, 0.2) is 18.2 Å². The van der Waals surface area contributed by atoms with E-state index in [1.54, 1.807) is 18.2 Å². The van der Waals surface area contributed by atoms with E-state index in [1.165, 1.54) is 12.0 Å². The Labute approximate surface area is 128 Å². The number of amides is 2. The SMILES string of the molecule is C#CCNC(=O)C1CC(=O)N(c2cc(Cl)ccc2OC)C1. The van der Waals surface area contributed by atoms with E-state index in [0.717, 1.165) is 0 Å². The number of carbonyl (C=O) groups excluding carboxylic acids is 2. The minimum atomic E-state index is -0.422. The lowest BCUT2D eigenvalue weighted by molar-refractivity contribution is -0.126. The molecule has 21 heavy (non-hydrogen) atoms. The van der Waals surface area contributed by atoms with Crippen molar-refractivity contribution in [3.63, 3.8) is 0 Å². The number of methoxy groups -OCH3 is 1. The number of terminal acetylenes is 1. The van der Waals surface area contributed by atoms with E-state index in [-0.39, 0.29) is 31.3 Å². The third kappa shape index (κ3) is 3.29. The first kappa shape index (κ1) is 15.2. The Bertz CT molecular complexity index is 609. The van der Waals surface area contributed by atoms with Gasteiger partial charge in [-0.05, 0) is 18.2 Å². The standard InChI is InChI=1S/C15H15ClN2O3/c1-3-6-17-15(20)10-7-14(19)18(9-10)12-8-11(16)4-5-13(12)21-2/h1,4-5,8,10H,6-7,9H2,2H3,(H,17,20). The van der Waals surface area contributed by atoms with Gasteiger partial charge in [0, 0.05) is 18.0 Å². The average Bonchev–Trinajstić information content (AvgIpc) is 2.86. The van der Waals surface area contributed by atoms with Gasteiger partial charge in [-0.25, -0.2) is 0 Å². The van der Waals surface area contributed by atoms with Crippen molar-refractivity contribution in [3.8, 4) is 18.1 Å². The largest absolute Gasteiger partial charge is 0.495 e. The fraction of sp³-hybridized carbons (Fsp3) is 0.333. The molecular formula is C15H15ClN2O3. The van der Waals surface area contributed by atoms with E-state index >= 15 is 0 Å². The minimum absolute atomic E-state index is 0.142. The van der Waals surface area contributed by atoms with Crippen LogP contribution in [0, 0.1) is 18.3 Å². The van der Waals surface area contributed by atoms with Crippen LogP contribution in [0.1, 0.15) is 6.42 Å². The highest BCUT2D eigenvalue weighted by molar-refractivity contribution is 6.31. The van der Waals surface area contributed by atoms with Gasteiger partial charge in [0.1, 0.15) is 5.75 Å². The van der Waals surface area contributed by atoms with Gasteiger partial charge in [0.2, 0.25) is 11.8 Å². The van der Waals surface area contributed by atoms with E-state index in [9.17, 15) is 9.59 Å². The van der Waals surface area contributed by atoms with Gasteiger partial charge >= 0.3 is 0 Å². The highest BCUT2D eigenvalue weighted by Crippen LogP contribution is 2.35. The Balaban J connectivity index is 2.19. The van der Waals surface area contributed by atoms with Crippen molar-refractivity contribution >= 4 is 29.1 Å². The van der Waals surface area contributed by atoms with Gasteiger partial charge in [-0.15, -0.1) is 6.42 Å². The van der Waals surface area contributed by atoms with E-state index in [0.29, 0.717) is 16.5 Å². The molecule has 110 valence electrons. The van der Waals surface area contributed by atoms with Crippen molar-refractivity contribution < 1.29 is 14.3 Å². The Morgan fingerprint density at radius 2 is 2.38 bits per heavy atom. The first-order valence-corrected chi connectivity index (χ1v) is 6.79. The maximum absolute atomic E-state index is 12.1. The molecule has 0 spiro atoms. The molecule has 0 radical (unpaired) electrons. The number of hydrogen-bond acceptors (Lipinski definition) is 3. The third-order valence-corrected chi connectivity index (χ3v) is 3.53. The lowest BCUT2D eigenvalue weighted by Gasteiger charge is -2.19. The highest BCUT2D eigenvalue weighted by Gasteiger charge is 2.36. The first-order valence-electron chi connectivity index (χ1n) is 6.42. The van der Waals surface area contributed by atoms with Gasteiger partial charge < -0.3 is 15.0 Å². The molecule has 0 aromatic heterocycles. The van der Waals surface area contributed by atoms with E-state index in [4.69, 9.17) is 22.8 Å². The van der Waals surface area contributed by atoms with Crippen LogP contribution in [0.2, 0.25) is 5.02 Å². The number of rotatable bonds is 4. The van der Waals surface area contributed by atoms with Gasteiger partial charge in [0.05, 0.1) is 25.3 Å². The van der Waals surface area contributed by atoms with Gasteiger partial charge in [-0.3, -0.25) is 9.59 Å². The zero-order valence-corrected chi connectivity index (χ0v) is 12.3. The van der Waals surface area contributed by atoms with Crippen molar-refractivity contribution in [1.29, 1.82) is 0 Å². The van der Waals surface area contributed by atoms with E-state index < -0.39 is 5.92 Å². The monoisotopic (exact) mass is 306 g/mol. The molecule has 1 aliphatic heterocycles. The molecular weight excluding hydrogens is 292 g/mol. The van der Waals surface area contributed by atoms with Gasteiger partial charge in [0.25, 0.3) is 0 Å². The first-order chi connectivity index (χ1) is 10.1. The van der Waals surface area contributed by atoms with Crippen LogP contribution in [-0.2, 0) is 9.59 Å². The Morgan fingerprint density at radius 3 is 3.05 bits per heavy atom. The van der Waals surface area contributed by atoms with Gasteiger partial charge in [-0.1, -0.05) is 17.5 Å². The molecule has 1 unspecified atom stereocenters. The fourth-order valence-electron chi connectivity index (χ4n) is 2.27. The van der Waals surface area contributed by atoms with Crippen molar-refractivity contribution in [2.45, 2.75) is 6.42 Å². The summed E-state index contributed by atoms with van der Waals surface area (Å²) in [5, 5.41) is 3.09. The molecule has 5 nitrogen and oxygen atoms in total. The number of halogens is 1.